The molecule has 0 bridgehead atoms. The number of hydrogen-bond acceptors (Lipinski definition) is 4. The molecule has 5 heteroatoms. The molecule has 0 aliphatic carbocycles. The zero-order chi connectivity index (χ0) is 14.2. The van der Waals surface area contributed by atoms with Crippen LogP contribution in [0.5, 0.6) is 0 Å². The van der Waals surface area contributed by atoms with Crippen molar-refractivity contribution in [1.82, 2.24) is 0 Å². The van der Waals surface area contributed by atoms with E-state index in [9.17, 15) is 14.7 Å². The molecule has 0 aromatic rings. The van der Waals surface area contributed by atoms with Gasteiger partial charge in [-0.25, -0.2) is 4.79 Å². The van der Waals surface area contributed by atoms with Gasteiger partial charge in [-0.15, -0.1) is 0 Å². The van der Waals surface area contributed by atoms with Crippen LogP contribution in [-0.4, -0.2) is 40.2 Å². The summed E-state index contributed by atoms with van der Waals surface area (Å²) >= 11 is 0.149. The fraction of sp³-hybridized carbons (Fsp3) is 0.692. The second-order valence-electron chi connectivity index (χ2n) is 3.63. The molecule has 0 aromatic heterocycles. The van der Waals surface area contributed by atoms with Crippen molar-refractivity contribution in [2.45, 2.75) is 48.4 Å². The fourth-order valence-corrected chi connectivity index (χ4v) is 5.09. The first-order chi connectivity index (χ1) is 8.58. The van der Waals surface area contributed by atoms with Gasteiger partial charge in [0.1, 0.15) is 0 Å². The summed E-state index contributed by atoms with van der Waals surface area (Å²) in [7, 11) is 1.15. The predicted molar refractivity (Wildman–Crippen MR) is 71.3 cm³/mol. The van der Waals surface area contributed by atoms with Crippen molar-refractivity contribution < 1.29 is 19.4 Å². The minimum Gasteiger partial charge on any atom is -0.545 e. The Morgan fingerprint density at radius 3 is 1.94 bits per heavy atom. The van der Waals surface area contributed by atoms with Gasteiger partial charge in [-0.05, 0) is 6.08 Å². The van der Waals surface area contributed by atoms with Gasteiger partial charge in [0.05, 0.1) is 13.1 Å². The summed E-state index contributed by atoms with van der Waals surface area (Å²) in [6.07, 6.45) is 7.22. The number of hydrogen-bond donors (Lipinski definition) is 0. The first-order valence-electron chi connectivity index (χ1n) is 6.26. The van der Waals surface area contributed by atoms with E-state index in [1.165, 1.54) is 25.7 Å². The quantitative estimate of drug-likeness (QED) is 0.285. The number of rotatable bonds is 8. The monoisotopic (exact) mass is 363 g/mol. The molecular weight excluding hydrogens is 339 g/mol. The van der Waals surface area contributed by atoms with Crippen molar-refractivity contribution in [3.05, 3.63) is 12.2 Å². The van der Waals surface area contributed by atoms with E-state index in [-0.39, 0.29) is 21.1 Å². The second kappa shape index (κ2) is 16.5. The Kier molecular flexibility index (Phi) is 18.1. The molecule has 0 N–H and O–H groups in total. The molecule has 102 valence electrons. The Hall–Kier alpha value is -0.521. The van der Waals surface area contributed by atoms with E-state index >= 15 is 0 Å². The van der Waals surface area contributed by atoms with Gasteiger partial charge in [-0.1, -0.05) is 0 Å². The molecule has 0 aliphatic heterocycles. The summed E-state index contributed by atoms with van der Waals surface area (Å²) in [6, 6.07) is 0. The molecule has 0 amide bonds. The number of unbranched alkanes of at least 4 members (excludes halogenated alkanes) is 2. The maximum atomic E-state index is 10.1. The molecule has 0 spiro atoms. The molecule has 0 radical (unpaired) electrons. The number of carbonyl (C=O) groups excluding carboxylic acids is 2. The topological polar surface area (TPSA) is 66.4 Å². The molecule has 0 saturated heterocycles. The Bertz CT molecular complexity index is 233. The van der Waals surface area contributed by atoms with Crippen molar-refractivity contribution in [3.63, 3.8) is 0 Å². The van der Waals surface area contributed by atoms with E-state index < -0.39 is 11.9 Å². The van der Waals surface area contributed by atoms with Crippen LogP contribution in [-0.2, 0) is 14.3 Å². The number of aliphatic carboxylic acids is 1. The number of methoxy groups -OCH3 is 1. The molecule has 0 unspecified atom stereocenters. The van der Waals surface area contributed by atoms with E-state index in [0.717, 1.165) is 13.2 Å². The minimum atomic E-state index is -1.42. The normalized spacial score (nSPS) is 9.28. The maximum Gasteiger partial charge on any atom is 0.330 e. The van der Waals surface area contributed by atoms with Crippen LogP contribution in [0.3, 0.4) is 0 Å². The Morgan fingerprint density at radius 1 is 1.11 bits per heavy atom. The summed E-state index contributed by atoms with van der Waals surface area (Å²) in [5.74, 6) is -2.13. The van der Waals surface area contributed by atoms with Gasteiger partial charge in [0, 0.05) is 6.08 Å². The molecule has 0 atom stereocenters. The Labute approximate surface area is 120 Å². The average molecular weight is 362 g/mol. The molecule has 0 fully saturated rings. The molecule has 0 aliphatic rings. The maximum absolute atomic E-state index is 10.1. The summed E-state index contributed by atoms with van der Waals surface area (Å²) in [5, 5.41) is 9.61. The smallest absolute Gasteiger partial charge is 0.330 e. The standard InChI is InChI=1S/C5H6O4.2C4H9.Sn/c1-9-5(8)3-2-4(6)7;2*1-3-4-2;/h2-3H,1H3,(H,6,7);2*1,3-4H2,2H3;/q;;;+2/p-1/b3-2-;;;. The molecule has 0 aromatic carbocycles. The zero-order valence-electron chi connectivity index (χ0n) is 11.5. The first kappa shape index (κ1) is 19.8. The summed E-state index contributed by atoms with van der Waals surface area (Å²) in [6.45, 7) is 4.58. The van der Waals surface area contributed by atoms with Gasteiger partial charge in [-0.3, -0.25) is 0 Å². The third-order valence-electron chi connectivity index (χ3n) is 1.97. The number of carboxylic acids is 1. The molecule has 4 nitrogen and oxygen atoms in total. The van der Waals surface area contributed by atoms with Crippen LogP contribution in [0.4, 0.5) is 0 Å². The van der Waals surface area contributed by atoms with Crippen molar-refractivity contribution in [2.75, 3.05) is 7.11 Å². The molecule has 0 heterocycles. The number of ether oxygens (including phenoxy) is 1. The average Bonchev–Trinajstić information content (AvgIpc) is 2.36. The van der Waals surface area contributed by atoms with Crippen LogP contribution in [0, 0.1) is 0 Å². The number of carboxylic acid groups (broad SMARTS) is 1. The van der Waals surface area contributed by atoms with E-state index in [0.29, 0.717) is 6.08 Å². The number of esters is 1. The zero-order valence-corrected chi connectivity index (χ0v) is 14.4. The van der Waals surface area contributed by atoms with Gasteiger partial charge < -0.3 is 14.6 Å². The summed E-state index contributed by atoms with van der Waals surface area (Å²) in [4.78, 5) is 19.7. The largest absolute Gasteiger partial charge is 0.545 e. The fourth-order valence-electron chi connectivity index (χ4n) is 0.933. The van der Waals surface area contributed by atoms with Crippen LogP contribution >= 0.6 is 0 Å². The van der Waals surface area contributed by atoms with Crippen molar-refractivity contribution in [1.29, 1.82) is 0 Å². The molecular formula is C13H23O4Sn+. The van der Waals surface area contributed by atoms with Crippen molar-refractivity contribution >= 4 is 33.1 Å². The molecule has 18 heavy (non-hydrogen) atoms. The van der Waals surface area contributed by atoms with Crippen LogP contribution in [0.1, 0.15) is 39.5 Å². The first-order valence-corrected chi connectivity index (χ1v) is 10.3. The Balaban J connectivity index is 0. The van der Waals surface area contributed by atoms with E-state index in [1.54, 1.807) is 8.87 Å². The predicted octanol–water partition coefficient (Wildman–Crippen LogP) is 1.59. The van der Waals surface area contributed by atoms with Crippen LogP contribution < -0.4 is 5.11 Å². The van der Waals surface area contributed by atoms with Gasteiger partial charge in [0.2, 0.25) is 0 Å². The second-order valence-corrected chi connectivity index (χ2v) is 7.91. The van der Waals surface area contributed by atoms with Crippen molar-refractivity contribution in [3.8, 4) is 0 Å². The van der Waals surface area contributed by atoms with Crippen LogP contribution in [0.15, 0.2) is 12.2 Å². The van der Waals surface area contributed by atoms with Crippen LogP contribution in [0.2, 0.25) is 8.87 Å². The van der Waals surface area contributed by atoms with E-state index in [2.05, 4.69) is 18.6 Å². The molecule has 0 saturated carbocycles. The summed E-state index contributed by atoms with van der Waals surface area (Å²) < 4.78 is 7.33. The van der Waals surface area contributed by atoms with Crippen LogP contribution in [0.25, 0.3) is 0 Å². The molecule has 0 rings (SSSR count). The van der Waals surface area contributed by atoms with Gasteiger partial charge in [0.25, 0.3) is 0 Å². The van der Waals surface area contributed by atoms with E-state index in [1.807, 2.05) is 0 Å². The SMILES string of the molecule is CCC[CH2][Sn+2][CH2]CCC.COC(=O)/C=C\C(=O)[O-]. The third-order valence-corrected chi connectivity index (χ3v) is 6.01. The van der Waals surface area contributed by atoms with Crippen molar-refractivity contribution in [2.24, 2.45) is 0 Å². The third kappa shape index (κ3) is 20.8. The summed E-state index contributed by atoms with van der Waals surface area (Å²) in [5.41, 5.74) is 0. The number of carbonyl (C=O) groups is 2. The minimum absolute atomic E-state index is 0.149. The van der Waals surface area contributed by atoms with Gasteiger partial charge in [0.15, 0.2) is 0 Å². The van der Waals surface area contributed by atoms with Gasteiger partial charge >= 0.3 is 75.5 Å². The Morgan fingerprint density at radius 2 is 1.61 bits per heavy atom. The van der Waals surface area contributed by atoms with Gasteiger partial charge in [-0.2, -0.15) is 0 Å². The van der Waals surface area contributed by atoms with E-state index in [4.69, 9.17) is 0 Å².